The average molecular weight is 619 g/mol. The van der Waals surface area contributed by atoms with E-state index in [0.717, 1.165) is 21.8 Å². The predicted octanol–water partition coefficient (Wildman–Crippen LogP) is 6.67. The highest BCUT2D eigenvalue weighted by atomic mass is 32.1. The second kappa shape index (κ2) is 11.7. The number of halogens is 3. The number of carbonyl (C=O) groups excluding carboxylic acids is 3. The van der Waals surface area contributed by atoms with Gasteiger partial charge >= 0.3 is 12.1 Å². The molecule has 0 atom stereocenters. The molecule has 3 aromatic carbocycles. The summed E-state index contributed by atoms with van der Waals surface area (Å²) < 4.78 is 45.1. The van der Waals surface area contributed by atoms with Crippen LogP contribution in [0.1, 0.15) is 60.7 Å². The molecule has 0 bridgehead atoms. The van der Waals surface area contributed by atoms with E-state index in [-0.39, 0.29) is 23.2 Å². The van der Waals surface area contributed by atoms with Crippen LogP contribution in [-0.4, -0.2) is 57.6 Å². The van der Waals surface area contributed by atoms with Crippen molar-refractivity contribution in [3.8, 4) is 11.1 Å². The maximum atomic E-state index is 13.5. The van der Waals surface area contributed by atoms with Gasteiger partial charge in [0.1, 0.15) is 5.69 Å². The monoisotopic (exact) mass is 618 g/mol. The van der Waals surface area contributed by atoms with E-state index >= 15 is 0 Å². The Kier molecular flexibility index (Phi) is 7.76. The van der Waals surface area contributed by atoms with Gasteiger partial charge in [0.25, 0.3) is 11.8 Å². The van der Waals surface area contributed by atoms with E-state index in [1.165, 1.54) is 30.6 Å². The Balaban J connectivity index is 1.15. The molecule has 8 nitrogen and oxygen atoms in total. The molecule has 6 rings (SSSR count). The number of hydrogen-bond acceptors (Lipinski definition) is 7. The van der Waals surface area contributed by atoms with Crippen molar-refractivity contribution < 1.29 is 32.3 Å². The van der Waals surface area contributed by atoms with E-state index in [1.807, 2.05) is 0 Å². The molecule has 224 valence electrons. The minimum atomic E-state index is -4.44. The third kappa shape index (κ3) is 5.48. The van der Waals surface area contributed by atoms with E-state index in [4.69, 9.17) is 4.74 Å². The van der Waals surface area contributed by atoms with Gasteiger partial charge in [-0.25, -0.2) is 9.78 Å². The topological polar surface area (TPSA) is 94.4 Å². The van der Waals surface area contributed by atoms with Crippen molar-refractivity contribution in [1.29, 1.82) is 0 Å². The minimum Gasteiger partial charge on any atom is -0.464 e. The number of ether oxygens (including phenoxy) is 1. The van der Waals surface area contributed by atoms with E-state index in [1.54, 1.807) is 58.8 Å². The number of methoxy groups -OCH3 is 1. The van der Waals surface area contributed by atoms with Crippen LogP contribution >= 0.6 is 11.3 Å². The summed E-state index contributed by atoms with van der Waals surface area (Å²) in [7, 11) is 1.25. The van der Waals surface area contributed by atoms with Gasteiger partial charge in [0.05, 0.1) is 23.2 Å². The molecule has 0 unspecified atom stereocenters. The Bertz CT molecular complexity index is 1870. The van der Waals surface area contributed by atoms with E-state index in [0.29, 0.717) is 53.5 Å². The minimum absolute atomic E-state index is 0.0377. The van der Waals surface area contributed by atoms with Crippen molar-refractivity contribution >= 4 is 40.0 Å². The summed E-state index contributed by atoms with van der Waals surface area (Å²) >= 11 is 1.36. The van der Waals surface area contributed by atoms with Gasteiger partial charge in [0.15, 0.2) is 5.69 Å². The van der Waals surface area contributed by atoms with Gasteiger partial charge in [-0.3, -0.25) is 9.59 Å². The zero-order chi connectivity index (χ0) is 31.0. The molecule has 3 heterocycles. The smallest absolute Gasteiger partial charge is 0.416 e. The molecular formula is C32H25F3N4O4S. The van der Waals surface area contributed by atoms with Crippen LogP contribution in [0.3, 0.4) is 0 Å². The fourth-order valence-electron chi connectivity index (χ4n) is 5.41. The van der Waals surface area contributed by atoms with E-state index in [9.17, 15) is 27.6 Å². The first kappa shape index (κ1) is 29.2. The Labute approximate surface area is 253 Å². The van der Waals surface area contributed by atoms with Crippen LogP contribution in [0.5, 0.6) is 0 Å². The van der Waals surface area contributed by atoms with Crippen molar-refractivity contribution in [2.45, 2.75) is 24.9 Å². The molecule has 0 saturated carbocycles. The number of hydrogen-bond donors (Lipinski definition) is 0. The lowest BCUT2D eigenvalue weighted by Gasteiger charge is -2.31. The van der Waals surface area contributed by atoms with Crippen LogP contribution in [0.2, 0.25) is 0 Å². The highest BCUT2D eigenvalue weighted by Gasteiger charge is 2.31. The van der Waals surface area contributed by atoms with Gasteiger partial charge < -0.3 is 9.64 Å². The standard InChI is InChI=1S/C32H25F3N4O4S/c1-43-31(42)27-24-8-4-5-9-26(24)39(37-27)30(41)25-18-44-28(36-25)20-14-16-38(17-15-20)29(40)23-7-3-2-6-22(23)19-10-12-21(13-11-19)32(33,34)35/h2-13,18,20H,14-17H2,1H3. The number of piperidine rings is 1. The Morgan fingerprint density at radius 2 is 1.59 bits per heavy atom. The molecular weight excluding hydrogens is 593 g/mol. The number of carbonyl (C=O) groups is 3. The number of esters is 1. The second-order valence-corrected chi connectivity index (χ2v) is 11.2. The molecule has 0 N–H and O–H groups in total. The molecule has 0 aliphatic carbocycles. The number of thiazole rings is 1. The number of alkyl halides is 3. The normalized spacial score (nSPS) is 14.1. The summed E-state index contributed by atoms with van der Waals surface area (Å²) in [6, 6.07) is 18.6. The maximum absolute atomic E-state index is 13.5. The molecule has 1 amide bonds. The molecule has 1 aliphatic rings. The Hall–Kier alpha value is -4.84. The summed E-state index contributed by atoms with van der Waals surface area (Å²) in [4.78, 5) is 45.5. The SMILES string of the molecule is COC(=O)c1nn(C(=O)c2csc(C3CCN(C(=O)c4ccccc4-c4ccc(C(F)(F)F)cc4)CC3)n2)c2ccccc12. The molecule has 12 heteroatoms. The second-order valence-electron chi connectivity index (χ2n) is 10.3. The Morgan fingerprint density at radius 3 is 2.30 bits per heavy atom. The predicted molar refractivity (Wildman–Crippen MR) is 158 cm³/mol. The Morgan fingerprint density at radius 1 is 0.909 bits per heavy atom. The lowest BCUT2D eigenvalue weighted by Crippen LogP contribution is -2.38. The van der Waals surface area contributed by atoms with Crippen molar-refractivity contribution in [1.82, 2.24) is 19.7 Å². The maximum Gasteiger partial charge on any atom is 0.416 e. The first-order valence-electron chi connectivity index (χ1n) is 13.8. The largest absolute Gasteiger partial charge is 0.464 e. The van der Waals surface area contributed by atoms with Crippen LogP contribution in [0.4, 0.5) is 13.2 Å². The molecule has 0 spiro atoms. The van der Waals surface area contributed by atoms with E-state index in [2.05, 4.69) is 10.1 Å². The van der Waals surface area contributed by atoms with Crippen LogP contribution in [0.25, 0.3) is 22.0 Å². The number of likely N-dealkylation sites (tertiary alicyclic amines) is 1. The summed E-state index contributed by atoms with van der Waals surface area (Å²) in [5, 5.41) is 7.17. The van der Waals surface area contributed by atoms with Gasteiger partial charge in [0, 0.05) is 35.3 Å². The zero-order valence-electron chi connectivity index (χ0n) is 23.4. The molecule has 44 heavy (non-hydrogen) atoms. The zero-order valence-corrected chi connectivity index (χ0v) is 24.2. The van der Waals surface area contributed by atoms with Crippen molar-refractivity contribution in [2.24, 2.45) is 0 Å². The van der Waals surface area contributed by atoms with Crippen LogP contribution in [0, 0.1) is 0 Å². The number of rotatable bonds is 5. The highest BCUT2D eigenvalue weighted by Crippen LogP contribution is 2.34. The lowest BCUT2D eigenvalue weighted by atomic mass is 9.94. The fraction of sp³-hybridized carbons (Fsp3) is 0.219. The van der Waals surface area contributed by atoms with Crippen LogP contribution < -0.4 is 0 Å². The summed E-state index contributed by atoms with van der Waals surface area (Å²) in [6.07, 6.45) is -3.18. The average Bonchev–Trinajstić information content (AvgIpc) is 3.70. The summed E-state index contributed by atoms with van der Waals surface area (Å²) in [5.41, 5.74) is 1.49. The van der Waals surface area contributed by atoms with Crippen molar-refractivity contribution in [2.75, 3.05) is 20.2 Å². The lowest BCUT2D eigenvalue weighted by molar-refractivity contribution is -0.137. The van der Waals surface area contributed by atoms with Gasteiger partial charge in [-0.1, -0.05) is 48.5 Å². The molecule has 1 fully saturated rings. The van der Waals surface area contributed by atoms with Gasteiger partial charge in [0.2, 0.25) is 0 Å². The number of amides is 1. The number of nitrogens with zero attached hydrogens (tertiary/aromatic N) is 4. The molecule has 0 radical (unpaired) electrons. The number of aromatic nitrogens is 3. The van der Waals surface area contributed by atoms with Crippen molar-refractivity contribution in [3.05, 3.63) is 106 Å². The first-order chi connectivity index (χ1) is 21.2. The summed E-state index contributed by atoms with van der Waals surface area (Å²) in [6.45, 7) is 0.917. The van der Waals surface area contributed by atoms with Crippen molar-refractivity contribution in [3.63, 3.8) is 0 Å². The molecule has 1 saturated heterocycles. The molecule has 5 aromatic rings. The third-order valence-corrected chi connectivity index (χ3v) is 8.72. The number of fused-ring (bicyclic) bond motifs is 1. The van der Waals surface area contributed by atoms with Gasteiger partial charge in [-0.15, -0.1) is 11.3 Å². The van der Waals surface area contributed by atoms with Crippen LogP contribution in [-0.2, 0) is 10.9 Å². The number of benzene rings is 3. The highest BCUT2D eigenvalue weighted by molar-refractivity contribution is 7.09. The fourth-order valence-corrected chi connectivity index (χ4v) is 6.38. The molecule has 1 aliphatic heterocycles. The number of para-hydroxylation sites is 1. The third-order valence-electron chi connectivity index (χ3n) is 7.71. The quantitative estimate of drug-likeness (QED) is 0.204. The first-order valence-corrected chi connectivity index (χ1v) is 14.7. The molecule has 2 aromatic heterocycles. The van der Waals surface area contributed by atoms with Crippen LogP contribution in [0.15, 0.2) is 78.2 Å². The van der Waals surface area contributed by atoms with E-state index < -0.39 is 23.6 Å². The van der Waals surface area contributed by atoms with Gasteiger partial charge in [-0.05, 0) is 48.2 Å². The van der Waals surface area contributed by atoms with Gasteiger partial charge in [-0.2, -0.15) is 23.0 Å². The summed E-state index contributed by atoms with van der Waals surface area (Å²) in [5.74, 6) is -1.27.